The molecule has 0 radical (unpaired) electrons. The molecule has 2 heterocycles. The van der Waals surface area contributed by atoms with Crippen LogP contribution >= 0.6 is 40.1 Å². The highest BCUT2D eigenvalue weighted by atomic mass is 79.9. The molecule has 0 aromatic rings. The van der Waals surface area contributed by atoms with Crippen molar-refractivity contribution >= 4 is 52.0 Å². The van der Waals surface area contributed by atoms with Crippen molar-refractivity contribution in [1.29, 1.82) is 0 Å². The molecule has 1 fully saturated rings. The van der Waals surface area contributed by atoms with Crippen molar-refractivity contribution in [2.75, 3.05) is 0 Å². The monoisotopic (exact) mass is 342 g/mol. The van der Waals surface area contributed by atoms with Crippen molar-refractivity contribution in [3.63, 3.8) is 0 Å². The van der Waals surface area contributed by atoms with Crippen LogP contribution in [0.4, 0.5) is 0 Å². The largest absolute Gasteiger partial charge is 0.478 e. The van der Waals surface area contributed by atoms with Gasteiger partial charge in [0.05, 0.1) is 22.2 Å². The Bertz CT molecular complexity index is 390. The Hall–Kier alpha value is -0.240. The minimum atomic E-state index is -1.07. The Balaban J connectivity index is 0.00000144. The lowest BCUT2D eigenvalue weighted by atomic mass is 9.95. The molecule has 0 saturated carbocycles. The van der Waals surface area contributed by atoms with Gasteiger partial charge in [-0.25, -0.2) is 4.79 Å². The van der Waals surface area contributed by atoms with Crippen LogP contribution in [0.3, 0.4) is 0 Å². The summed E-state index contributed by atoms with van der Waals surface area (Å²) < 4.78 is 0. The van der Waals surface area contributed by atoms with Crippen LogP contribution in [0.15, 0.2) is 11.8 Å². The van der Waals surface area contributed by atoms with Crippen molar-refractivity contribution in [2.45, 2.75) is 22.5 Å². The van der Waals surface area contributed by atoms with Gasteiger partial charge in [0, 0.05) is 11.0 Å². The zero-order valence-corrected chi connectivity index (χ0v) is 12.1. The maximum Gasteiger partial charge on any atom is 0.335 e. The minimum absolute atomic E-state index is 0. The summed E-state index contributed by atoms with van der Waals surface area (Å²) in [7, 11) is 0. The number of carbonyl (C=O) groups excluding carboxylic acids is 1. The number of halogens is 2. The molecule has 8 heteroatoms. The van der Waals surface area contributed by atoms with Gasteiger partial charge in [0.25, 0.3) is 0 Å². The van der Waals surface area contributed by atoms with Gasteiger partial charge in [0.15, 0.2) is 0 Å². The smallest absolute Gasteiger partial charge is 0.335 e. The number of alkyl halides is 1. The highest BCUT2D eigenvalue weighted by molar-refractivity contribution is 9.09. The quantitative estimate of drug-likeness (QED) is 0.577. The Morgan fingerprint density at radius 1 is 1.71 bits per heavy atom. The lowest BCUT2D eigenvalue weighted by molar-refractivity contribution is -0.145. The zero-order valence-electron chi connectivity index (χ0n) is 8.87. The van der Waals surface area contributed by atoms with Crippen LogP contribution < -0.4 is 5.73 Å². The summed E-state index contributed by atoms with van der Waals surface area (Å²) in [6.45, 7) is 1.91. The van der Waals surface area contributed by atoms with E-state index in [0.717, 1.165) is 0 Å². The molecule has 3 unspecified atom stereocenters. The van der Waals surface area contributed by atoms with E-state index in [1.165, 1.54) is 22.9 Å². The van der Waals surface area contributed by atoms with E-state index in [2.05, 4.69) is 15.9 Å². The van der Waals surface area contributed by atoms with E-state index in [1.807, 2.05) is 6.92 Å². The minimum Gasteiger partial charge on any atom is -0.478 e. The summed E-state index contributed by atoms with van der Waals surface area (Å²) in [6.07, 6.45) is 1.36. The van der Waals surface area contributed by atoms with Crippen LogP contribution in [-0.4, -0.2) is 37.5 Å². The average Bonchev–Trinajstić information content (AvgIpc) is 2.15. The second-order valence-electron chi connectivity index (χ2n) is 3.79. The van der Waals surface area contributed by atoms with Crippen molar-refractivity contribution < 1.29 is 14.7 Å². The first-order valence-electron chi connectivity index (χ1n) is 4.75. The molecule has 2 aliphatic heterocycles. The van der Waals surface area contributed by atoms with E-state index in [-0.39, 0.29) is 40.0 Å². The molecule has 3 N–H and O–H groups in total. The highest BCUT2D eigenvalue weighted by Gasteiger charge is 2.52. The number of carboxylic acid groups (broad SMARTS) is 1. The fourth-order valence-electron chi connectivity index (χ4n) is 1.84. The van der Waals surface area contributed by atoms with Crippen LogP contribution in [-0.2, 0) is 9.59 Å². The molecule has 17 heavy (non-hydrogen) atoms. The maximum atomic E-state index is 11.7. The Labute approximate surface area is 117 Å². The van der Waals surface area contributed by atoms with Crippen molar-refractivity contribution in [3.8, 4) is 0 Å². The van der Waals surface area contributed by atoms with Crippen LogP contribution in [0.1, 0.15) is 6.92 Å². The number of amides is 1. The first-order valence-corrected chi connectivity index (χ1v) is 6.61. The maximum absolute atomic E-state index is 11.7. The van der Waals surface area contributed by atoms with Gasteiger partial charge in [-0.05, 0) is 0 Å². The van der Waals surface area contributed by atoms with Gasteiger partial charge in [0.1, 0.15) is 0 Å². The molecule has 2 aliphatic rings. The number of carboxylic acids is 1. The Morgan fingerprint density at radius 3 is 2.76 bits per heavy atom. The Kier molecular flexibility index (Phi) is 4.51. The highest BCUT2D eigenvalue weighted by Crippen LogP contribution is 2.44. The van der Waals surface area contributed by atoms with E-state index >= 15 is 0 Å². The van der Waals surface area contributed by atoms with Gasteiger partial charge in [-0.3, -0.25) is 4.79 Å². The predicted octanol–water partition coefficient (Wildman–Crippen LogP) is 0.976. The number of fused-ring (bicyclic) bond motifs is 1. The summed E-state index contributed by atoms with van der Waals surface area (Å²) in [5.74, 6) is -1.24. The summed E-state index contributed by atoms with van der Waals surface area (Å²) in [5, 5.41) is 8.28. The van der Waals surface area contributed by atoms with Gasteiger partial charge < -0.3 is 15.7 Å². The lowest BCUT2D eigenvalue weighted by Gasteiger charge is -2.49. The molecular formula is C9H12BrClN2O3S. The zero-order chi connectivity index (χ0) is 12.0. The number of aliphatic carboxylic acids is 1. The number of nitrogens with two attached hydrogens (primary N) is 1. The topological polar surface area (TPSA) is 83.6 Å². The second kappa shape index (κ2) is 5.17. The van der Waals surface area contributed by atoms with Crippen LogP contribution in [0.25, 0.3) is 0 Å². The number of hydrogen-bond donors (Lipinski definition) is 2. The van der Waals surface area contributed by atoms with E-state index in [4.69, 9.17) is 10.8 Å². The van der Waals surface area contributed by atoms with Gasteiger partial charge >= 0.3 is 5.97 Å². The first kappa shape index (κ1) is 14.8. The van der Waals surface area contributed by atoms with Gasteiger partial charge in [-0.2, -0.15) is 0 Å². The van der Waals surface area contributed by atoms with Crippen molar-refractivity contribution in [1.82, 2.24) is 4.90 Å². The second-order valence-corrected chi connectivity index (χ2v) is 6.49. The lowest BCUT2D eigenvalue weighted by Crippen LogP contribution is -2.62. The van der Waals surface area contributed by atoms with E-state index < -0.39 is 11.3 Å². The normalized spacial score (nSPS) is 32.9. The van der Waals surface area contributed by atoms with Crippen molar-refractivity contribution in [3.05, 3.63) is 11.8 Å². The summed E-state index contributed by atoms with van der Waals surface area (Å²) in [5.41, 5.74) is 5.81. The van der Waals surface area contributed by atoms with E-state index in [0.29, 0.717) is 0 Å². The van der Waals surface area contributed by atoms with E-state index in [9.17, 15) is 9.59 Å². The van der Waals surface area contributed by atoms with Crippen LogP contribution in [0, 0.1) is 5.92 Å². The first-order chi connectivity index (χ1) is 7.43. The molecule has 96 valence electrons. The Morgan fingerprint density at radius 2 is 2.29 bits per heavy atom. The van der Waals surface area contributed by atoms with Crippen LogP contribution in [0.2, 0.25) is 0 Å². The van der Waals surface area contributed by atoms with E-state index in [1.54, 1.807) is 0 Å². The summed E-state index contributed by atoms with van der Waals surface area (Å²) >= 11 is 4.70. The number of hydrogen-bond acceptors (Lipinski definition) is 4. The molecule has 0 aliphatic carbocycles. The molecule has 2 rings (SSSR count). The molecule has 1 saturated heterocycles. The number of thioether (sulfide) groups is 1. The molecule has 0 spiro atoms. The standard InChI is InChI=1S/C9H11BrN2O3S.ClH/c1-3(10)5-7(13)12-2-4(9(14)15)6(11)16-8(5)12;/h2-3,5-6,8H,11H2,1H3,(H,14,15);1H/t3?,5?,6?,8-;/m1./s1. The average molecular weight is 344 g/mol. The number of carbonyl (C=O) groups is 2. The molecule has 4 atom stereocenters. The number of β-lactam (4-membered cyclic amide) rings is 1. The number of rotatable bonds is 2. The third-order valence-corrected chi connectivity index (χ3v) is 4.65. The fraction of sp³-hybridized carbons (Fsp3) is 0.556. The summed E-state index contributed by atoms with van der Waals surface area (Å²) in [6, 6.07) is 0. The third kappa shape index (κ3) is 2.33. The third-order valence-electron chi connectivity index (χ3n) is 2.73. The van der Waals surface area contributed by atoms with Crippen molar-refractivity contribution in [2.24, 2.45) is 11.7 Å². The molecule has 1 amide bonds. The molecule has 5 nitrogen and oxygen atoms in total. The predicted molar refractivity (Wildman–Crippen MR) is 71.0 cm³/mol. The molecule has 0 bridgehead atoms. The fourth-order valence-corrected chi connectivity index (χ4v) is 3.99. The molecule has 0 aromatic heterocycles. The molecule has 0 aromatic carbocycles. The number of nitrogens with zero attached hydrogens (tertiary/aromatic N) is 1. The van der Waals surface area contributed by atoms with Gasteiger partial charge in [-0.1, -0.05) is 22.9 Å². The SMILES string of the molecule is CC(Br)C1C(=O)N2C=C(C(=O)O)C(N)S[C@H]12.Cl. The van der Waals surface area contributed by atoms with Crippen LogP contribution in [0.5, 0.6) is 0 Å². The molecular weight excluding hydrogens is 332 g/mol. The van der Waals surface area contributed by atoms with Gasteiger partial charge in [0.2, 0.25) is 5.91 Å². The van der Waals surface area contributed by atoms with Gasteiger partial charge in [-0.15, -0.1) is 24.2 Å². The summed E-state index contributed by atoms with van der Waals surface area (Å²) in [4.78, 5) is 24.1.